The number of rotatable bonds is 3. The smallest absolute Gasteiger partial charge is 0.378 e. The quantitative estimate of drug-likeness (QED) is 0.625. The Labute approximate surface area is 155 Å². The van der Waals surface area contributed by atoms with Gasteiger partial charge in [-0.15, -0.1) is 5.10 Å². The molecule has 0 aliphatic carbocycles. The summed E-state index contributed by atoms with van der Waals surface area (Å²) in [7, 11) is 0. The second-order valence-electron chi connectivity index (χ2n) is 6.66. The van der Waals surface area contributed by atoms with E-state index in [4.69, 9.17) is 16.3 Å². The molecule has 0 radical (unpaired) electrons. The average Bonchev–Trinajstić information content (AvgIpc) is 3.00. The molecular formula is C19H17ClFN3O2. The standard InChI is InChI=1S/C19H17ClFN3O2/c1-19(2,3)26-18(25)16-22-17(12-4-6-13(20)7-5-12)24(23-16)15-10-8-14(21)9-11-15/h4-11H,1-3H3. The van der Waals surface area contributed by atoms with Crippen LogP contribution in [0.3, 0.4) is 0 Å². The van der Waals surface area contributed by atoms with Gasteiger partial charge in [-0.05, 0) is 69.3 Å². The Balaban J connectivity index is 2.09. The van der Waals surface area contributed by atoms with Crippen LogP contribution in [0.5, 0.6) is 0 Å². The molecular weight excluding hydrogens is 357 g/mol. The van der Waals surface area contributed by atoms with E-state index in [1.165, 1.54) is 16.8 Å². The number of hydrogen-bond donors (Lipinski definition) is 0. The summed E-state index contributed by atoms with van der Waals surface area (Å²) in [5, 5.41) is 4.85. The lowest BCUT2D eigenvalue weighted by molar-refractivity contribution is 0.00558. The molecule has 2 aromatic carbocycles. The normalized spacial score (nSPS) is 11.4. The van der Waals surface area contributed by atoms with Crippen LogP contribution < -0.4 is 0 Å². The molecule has 3 aromatic rings. The van der Waals surface area contributed by atoms with Crippen LogP contribution in [0.1, 0.15) is 31.4 Å². The molecule has 1 heterocycles. The third-order valence-corrected chi connectivity index (χ3v) is 3.61. The van der Waals surface area contributed by atoms with E-state index in [0.717, 1.165) is 0 Å². The minimum Gasteiger partial charge on any atom is -0.454 e. The van der Waals surface area contributed by atoms with Crippen molar-refractivity contribution in [2.75, 3.05) is 0 Å². The zero-order chi connectivity index (χ0) is 18.9. The molecule has 134 valence electrons. The first-order valence-electron chi connectivity index (χ1n) is 7.95. The number of ether oxygens (including phenoxy) is 1. The van der Waals surface area contributed by atoms with E-state index in [1.54, 1.807) is 57.2 Å². The summed E-state index contributed by atoms with van der Waals surface area (Å²) in [5.74, 6) is -0.647. The molecule has 0 aliphatic rings. The summed E-state index contributed by atoms with van der Waals surface area (Å²) in [4.78, 5) is 16.7. The number of benzene rings is 2. The molecule has 7 heteroatoms. The van der Waals surface area contributed by atoms with Crippen molar-refractivity contribution < 1.29 is 13.9 Å². The summed E-state index contributed by atoms with van der Waals surface area (Å²) in [6.07, 6.45) is 0. The first-order chi connectivity index (χ1) is 12.2. The average molecular weight is 374 g/mol. The Kier molecular flexibility index (Phi) is 4.78. The van der Waals surface area contributed by atoms with Crippen LogP contribution in [0.25, 0.3) is 17.1 Å². The predicted octanol–water partition coefficient (Wildman–Crippen LogP) is 4.68. The van der Waals surface area contributed by atoms with E-state index < -0.39 is 11.6 Å². The van der Waals surface area contributed by atoms with Crippen LogP contribution in [-0.2, 0) is 4.74 Å². The summed E-state index contributed by atoms with van der Waals surface area (Å²) >= 11 is 5.94. The number of esters is 1. The van der Waals surface area contributed by atoms with Gasteiger partial charge in [0, 0.05) is 10.6 Å². The van der Waals surface area contributed by atoms with E-state index in [0.29, 0.717) is 22.1 Å². The molecule has 26 heavy (non-hydrogen) atoms. The fraction of sp³-hybridized carbons (Fsp3) is 0.211. The molecule has 0 bridgehead atoms. The second kappa shape index (κ2) is 6.88. The van der Waals surface area contributed by atoms with Crippen LogP contribution >= 0.6 is 11.6 Å². The van der Waals surface area contributed by atoms with Gasteiger partial charge in [-0.2, -0.15) is 0 Å². The predicted molar refractivity (Wildman–Crippen MR) is 96.9 cm³/mol. The molecule has 5 nitrogen and oxygen atoms in total. The van der Waals surface area contributed by atoms with Gasteiger partial charge >= 0.3 is 5.97 Å². The van der Waals surface area contributed by atoms with Gasteiger partial charge in [0.05, 0.1) is 5.69 Å². The first-order valence-corrected chi connectivity index (χ1v) is 8.33. The molecule has 0 N–H and O–H groups in total. The summed E-state index contributed by atoms with van der Waals surface area (Å²) in [6, 6.07) is 12.7. The summed E-state index contributed by atoms with van der Waals surface area (Å²) < 4.78 is 20.1. The Morgan fingerprint density at radius 3 is 2.27 bits per heavy atom. The van der Waals surface area contributed by atoms with E-state index >= 15 is 0 Å². The SMILES string of the molecule is CC(C)(C)OC(=O)c1nc(-c2ccc(Cl)cc2)n(-c2ccc(F)cc2)n1. The van der Waals surface area contributed by atoms with Crippen molar-refractivity contribution in [2.24, 2.45) is 0 Å². The Morgan fingerprint density at radius 1 is 1.08 bits per heavy atom. The Morgan fingerprint density at radius 2 is 1.69 bits per heavy atom. The maximum atomic E-state index is 13.3. The maximum Gasteiger partial charge on any atom is 0.378 e. The van der Waals surface area contributed by atoms with Gasteiger partial charge in [-0.1, -0.05) is 11.6 Å². The number of carbonyl (C=O) groups excluding carboxylic acids is 1. The highest BCUT2D eigenvalue weighted by Gasteiger charge is 2.24. The van der Waals surface area contributed by atoms with Crippen molar-refractivity contribution in [3.05, 3.63) is 65.2 Å². The molecule has 0 saturated heterocycles. The third kappa shape index (κ3) is 4.08. The highest BCUT2D eigenvalue weighted by atomic mass is 35.5. The van der Waals surface area contributed by atoms with Gasteiger partial charge in [0.15, 0.2) is 5.82 Å². The lowest BCUT2D eigenvalue weighted by Gasteiger charge is -2.17. The first kappa shape index (κ1) is 18.1. The topological polar surface area (TPSA) is 57.0 Å². The van der Waals surface area contributed by atoms with Crippen molar-refractivity contribution >= 4 is 17.6 Å². The zero-order valence-corrected chi connectivity index (χ0v) is 15.3. The zero-order valence-electron chi connectivity index (χ0n) is 14.5. The van der Waals surface area contributed by atoms with Crippen LogP contribution in [-0.4, -0.2) is 26.3 Å². The van der Waals surface area contributed by atoms with E-state index in [-0.39, 0.29) is 11.6 Å². The van der Waals surface area contributed by atoms with Crippen molar-refractivity contribution in [1.29, 1.82) is 0 Å². The van der Waals surface area contributed by atoms with Gasteiger partial charge in [0.25, 0.3) is 5.82 Å². The molecule has 0 aliphatic heterocycles. The van der Waals surface area contributed by atoms with Crippen molar-refractivity contribution in [3.63, 3.8) is 0 Å². The molecule has 1 aromatic heterocycles. The van der Waals surface area contributed by atoms with Crippen LogP contribution in [0.15, 0.2) is 48.5 Å². The molecule has 0 amide bonds. The fourth-order valence-electron chi connectivity index (χ4n) is 2.27. The van der Waals surface area contributed by atoms with Crippen LogP contribution in [0, 0.1) is 5.82 Å². The minimum atomic E-state index is -0.668. The number of carbonyl (C=O) groups is 1. The highest BCUT2D eigenvalue weighted by molar-refractivity contribution is 6.30. The van der Waals surface area contributed by atoms with Gasteiger partial charge in [-0.25, -0.2) is 18.9 Å². The summed E-state index contributed by atoms with van der Waals surface area (Å²) in [6.45, 7) is 5.30. The third-order valence-electron chi connectivity index (χ3n) is 3.36. The minimum absolute atomic E-state index is 0.0748. The molecule has 0 fully saturated rings. The van der Waals surface area contributed by atoms with E-state index in [2.05, 4.69) is 10.1 Å². The Hall–Kier alpha value is -2.73. The molecule has 3 rings (SSSR count). The van der Waals surface area contributed by atoms with Crippen molar-refractivity contribution in [3.8, 4) is 17.1 Å². The number of hydrogen-bond acceptors (Lipinski definition) is 4. The molecule has 0 spiro atoms. The lowest BCUT2D eigenvalue weighted by atomic mass is 10.2. The number of halogens is 2. The Bertz CT molecular complexity index is 866. The van der Waals surface area contributed by atoms with Crippen molar-refractivity contribution in [1.82, 2.24) is 14.8 Å². The highest BCUT2D eigenvalue weighted by Crippen LogP contribution is 2.24. The van der Waals surface area contributed by atoms with Gasteiger partial charge < -0.3 is 4.74 Å². The molecule has 0 saturated carbocycles. The fourth-order valence-corrected chi connectivity index (χ4v) is 2.40. The maximum absolute atomic E-state index is 13.3. The largest absolute Gasteiger partial charge is 0.454 e. The lowest BCUT2D eigenvalue weighted by Crippen LogP contribution is -2.24. The van der Waals surface area contributed by atoms with E-state index in [1.807, 2.05) is 0 Å². The van der Waals surface area contributed by atoms with E-state index in [9.17, 15) is 9.18 Å². The number of aromatic nitrogens is 3. The monoisotopic (exact) mass is 373 g/mol. The second-order valence-corrected chi connectivity index (χ2v) is 7.09. The van der Waals surface area contributed by atoms with Gasteiger partial charge in [-0.3, -0.25) is 0 Å². The number of nitrogens with zero attached hydrogens (tertiary/aromatic N) is 3. The summed E-state index contributed by atoms with van der Waals surface area (Å²) in [5.41, 5.74) is 0.610. The van der Waals surface area contributed by atoms with Crippen LogP contribution in [0.2, 0.25) is 5.02 Å². The van der Waals surface area contributed by atoms with Gasteiger partial charge in [0.1, 0.15) is 11.4 Å². The van der Waals surface area contributed by atoms with Crippen molar-refractivity contribution in [2.45, 2.75) is 26.4 Å². The van der Waals surface area contributed by atoms with Crippen LogP contribution in [0.4, 0.5) is 4.39 Å². The molecule has 0 atom stereocenters. The molecule has 0 unspecified atom stereocenters. The van der Waals surface area contributed by atoms with Gasteiger partial charge in [0.2, 0.25) is 0 Å².